The van der Waals surface area contributed by atoms with Crippen LogP contribution in [0.2, 0.25) is 0 Å². The molecule has 1 aromatic rings. The number of hydrogen-bond acceptors (Lipinski definition) is 5. The molecular weight excluding hydrogens is 306 g/mol. The number of amides is 1. The van der Waals surface area contributed by atoms with E-state index in [0.29, 0.717) is 24.3 Å². The fourth-order valence-corrected chi connectivity index (χ4v) is 1.91. The van der Waals surface area contributed by atoms with Crippen molar-refractivity contribution >= 4 is 17.6 Å². The van der Waals surface area contributed by atoms with Gasteiger partial charge < -0.3 is 15.0 Å². The highest BCUT2D eigenvalue weighted by molar-refractivity contribution is 5.99. The lowest BCUT2D eigenvalue weighted by molar-refractivity contribution is -0.125. The van der Waals surface area contributed by atoms with Crippen molar-refractivity contribution in [2.75, 3.05) is 25.5 Å². The van der Waals surface area contributed by atoms with Crippen LogP contribution < -0.4 is 5.32 Å². The summed E-state index contributed by atoms with van der Waals surface area (Å²) in [5.74, 6) is -0.975. The zero-order valence-corrected chi connectivity index (χ0v) is 13.5. The molecule has 0 fully saturated rings. The molecule has 1 rings (SSSR count). The summed E-state index contributed by atoms with van der Waals surface area (Å²) >= 11 is 0. The fourth-order valence-electron chi connectivity index (χ4n) is 1.91. The second-order valence-electron chi connectivity index (χ2n) is 4.64. The van der Waals surface area contributed by atoms with Crippen LogP contribution in [-0.2, 0) is 9.53 Å². The highest BCUT2D eigenvalue weighted by atomic mass is 16.5. The molecule has 6 heteroatoms. The van der Waals surface area contributed by atoms with Crippen LogP contribution in [0.15, 0.2) is 61.3 Å². The Kier molecular flexibility index (Phi) is 7.52. The minimum atomic E-state index is -0.517. The molecule has 0 aliphatic rings. The van der Waals surface area contributed by atoms with Crippen LogP contribution >= 0.6 is 0 Å². The quantitative estimate of drug-likeness (QED) is 0.344. The van der Waals surface area contributed by atoms with Gasteiger partial charge in [-0.3, -0.25) is 4.79 Å². The predicted molar refractivity (Wildman–Crippen MR) is 92.1 cm³/mol. The summed E-state index contributed by atoms with van der Waals surface area (Å²) in [7, 11) is 1.28. The average Bonchev–Trinajstić information content (AvgIpc) is 2.61. The Hall–Kier alpha value is -3.33. The smallest absolute Gasteiger partial charge is 0.339 e. The van der Waals surface area contributed by atoms with Gasteiger partial charge in [-0.15, -0.1) is 13.2 Å². The van der Waals surface area contributed by atoms with E-state index in [2.05, 4.69) is 18.5 Å². The largest absolute Gasteiger partial charge is 0.465 e. The molecule has 0 saturated carbocycles. The van der Waals surface area contributed by atoms with Crippen LogP contribution in [0.1, 0.15) is 10.4 Å². The van der Waals surface area contributed by atoms with Crippen molar-refractivity contribution in [3.8, 4) is 6.07 Å². The van der Waals surface area contributed by atoms with E-state index >= 15 is 0 Å². The monoisotopic (exact) mass is 325 g/mol. The number of esters is 1. The third-order valence-electron chi connectivity index (χ3n) is 3.04. The van der Waals surface area contributed by atoms with Gasteiger partial charge in [0, 0.05) is 19.3 Å². The molecule has 0 atom stereocenters. The highest BCUT2D eigenvalue weighted by Crippen LogP contribution is 2.16. The first-order valence-corrected chi connectivity index (χ1v) is 7.14. The zero-order chi connectivity index (χ0) is 17.9. The Balaban J connectivity index is 3.04. The summed E-state index contributed by atoms with van der Waals surface area (Å²) < 4.78 is 4.70. The van der Waals surface area contributed by atoms with Gasteiger partial charge >= 0.3 is 5.97 Å². The summed E-state index contributed by atoms with van der Waals surface area (Å²) in [6, 6.07) is 8.49. The van der Waals surface area contributed by atoms with Crippen molar-refractivity contribution in [3.63, 3.8) is 0 Å². The van der Waals surface area contributed by atoms with E-state index in [1.54, 1.807) is 36.4 Å². The first-order chi connectivity index (χ1) is 11.6. The number of carbonyl (C=O) groups is 2. The fraction of sp³-hybridized carbons (Fsp3) is 0.167. The van der Waals surface area contributed by atoms with Gasteiger partial charge in [-0.25, -0.2) is 4.79 Å². The van der Waals surface area contributed by atoms with Crippen molar-refractivity contribution in [2.24, 2.45) is 0 Å². The second kappa shape index (κ2) is 9.64. The second-order valence-corrected chi connectivity index (χ2v) is 4.64. The maximum atomic E-state index is 12.4. The average molecular weight is 325 g/mol. The van der Waals surface area contributed by atoms with E-state index in [9.17, 15) is 14.9 Å². The van der Waals surface area contributed by atoms with E-state index < -0.39 is 11.9 Å². The maximum absolute atomic E-state index is 12.4. The number of para-hydroxylation sites is 1. The third-order valence-corrected chi connectivity index (χ3v) is 3.04. The molecule has 24 heavy (non-hydrogen) atoms. The molecular formula is C18H19N3O3. The van der Waals surface area contributed by atoms with Gasteiger partial charge in [-0.2, -0.15) is 5.26 Å². The Bertz CT molecular complexity index is 692. The predicted octanol–water partition coefficient (Wildman–Crippen LogP) is 2.49. The number of ether oxygens (including phenoxy) is 1. The number of benzene rings is 1. The molecule has 0 heterocycles. The Morgan fingerprint density at radius 3 is 2.46 bits per heavy atom. The van der Waals surface area contributed by atoms with Crippen molar-refractivity contribution in [1.82, 2.24) is 4.90 Å². The molecule has 0 aliphatic carbocycles. The molecule has 1 aromatic carbocycles. The van der Waals surface area contributed by atoms with Crippen LogP contribution in [0, 0.1) is 11.3 Å². The lowest BCUT2D eigenvalue weighted by Crippen LogP contribution is -2.32. The molecule has 0 unspecified atom stereocenters. The van der Waals surface area contributed by atoms with Crippen LogP contribution in [-0.4, -0.2) is 37.0 Å². The normalized spacial score (nSPS) is 10.2. The van der Waals surface area contributed by atoms with Gasteiger partial charge in [0.25, 0.3) is 5.91 Å². The molecule has 0 aromatic heterocycles. The molecule has 0 aliphatic heterocycles. The number of nitrogens with zero attached hydrogens (tertiary/aromatic N) is 2. The number of rotatable bonds is 8. The summed E-state index contributed by atoms with van der Waals surface area (Å²) in [5.41, 5.74) is 0.636. The van der Waals surface area contributed by atoms with Crippen LogP contribution in [0.3, 0.4) is 0 Å². The molecule has 0 bridgehead atoms. The number of nitrogens with one attached hydrogen (secondary N) is 1. The zero-order valence-electron chi connectivity index (χ0n) is 13.5. The topological polar surface area (TPSA) is 82.4 Å². The summed E-state index contributed by atoms with van der Waals surface area (Å²) in [5, 5.41) is 12.1. The van der Waals surface area contributed by atoms with Gasteiger partial charge in [0.05, 0.1) is 18.4 Å². The first kappa shape index (κ1) is 18.7. The van der Waals surface area contributed by atoms with Crippen LogP contribution in [0.25, 0.3) is 0 Å². The lowest BCUT2D eigenvalue weighted by Gasteiger charge is -2.18. The molecule has 6 nitrogen and oxygen atoms in total. The standard InChI is InChI=1S/C18H19N3O3/c1-4-10-21(11-5-2)17(22)14(12-19)13-20-16-9-7-6-8-15(16)18(23)24-3/h4-9,13,20H,1-2,10-11H2,3H3/b14-13-. The molecule has 124 valence electrons. The molecule has 0 spiro atoms. The van der Waals surface area contributed by atoms with Gasteiger partial charge in [-0.1, -0.05) is 24.3 Å². The van der Waals surface area contributed by atoms with Crippen molar-refractivity contribution < 1.29 is 14.3 Å². The van der Waals surface area contributed by atoms with Crippen molar-refractivity contribution in [3.05, 3.63) is 66.9 Å². The van der Waals surface area contributed by atoms with E-state index in [0.717, 1.165) is 0 Å². The molecule has 0 radical (unpaired) electrons. The Labute approximate surface area is 141 Å². The van der Waals surface area contributed by atoms with Crippen molar-refractivity contribution in [1.29, 1.82) is 5.26 Å². The van der Waals surface area contributed by atoms with Gasteiger partial charge in [0.2, 0.25) is 0 Å². The highest BCUT2D eigenvalue weighted by Gasteiger charge is 2.17. The lowest BCUT2D eigenvalue weighted by atomic mass is 10.1. The van der Waals surface area contributed by atoms with Crippen LogP contribution in [0.5, 0.6) is 0 Å². The van der Waals surface area contributed by atoms with E-state index in [-0.39, 0.29) is 5.57 Å². The first-order valence-electron chi connectivity index (χ1n) is 7.14. The third kappa shape index (κ3) is 4.85. The minimum absolute atomic E-state index is 0.0987. The van der Waals surface area contributed by atoms with E-state index in [4.69, 9.17) is 4.74 Å². The number of anilines is 1. The number of nitriles is 1. The Morgan fingerprint density at radius 1 is 1.29 bits per heavy atom. The van der Waals surface area contributed by atoms with Gasteiger partial charge in [0.1, 0.15) is 11.6 Å². The van der Waals surface area contributed by atoms with Gasteiger partial charge in [0.15, 0.2) is 0 Å². The molecule has 1 N–H and O–H groups in total. The SMILES string of the molecule is C=CCN(CC=C)C(=O)/C(C#N)=C\Nc1ccccc1C(=O)OC. The van der Waals surface area contributed by atoms with Crippen LogP contribution in [0.4, 0.5) is 5.69 Å². The maximum Gasteiger partial charge on any atom is 0.339 e. The van der Waals surface area contributed by atoms with E-state index in [1.165, 1.54) is 18.2 Å². The van der Waals surface area contributed by atoms with Crippen molar-refractivity contribution in [2.45, 2.75) is 0 Å². The summed E-state index contributed by atoms with van der Waals surface area (Å²) in [6.45, 7) is 7.76. The number of methoxy groups -OCH3 is 1. The summed E-state index contributed by atoms with van der Waals surface area (Å²) in [6.07, 6.45) is 4.40. The number of hydrogen-bond donors (Lipinski definition) is 1. The number of carbonyl (C=O) groups excluding carboxylic acids is 2. The van der Waals surface area contributed by atoms with E-state index in [1.807, 2.05) is 6.07 Å². The van der Waals surface area contributed by atoms with Gasteiger partial charge in [-0.05, 0) is 12.1 Å². The molecule has 0 saturated heterocycles. The molecule has 1 amide bonds. The summed E-state index contributed by atoms with van der Waals surface area (Å²) in [4.78, 5) is 25.5. The Morgan fingerprint density at radius 2 is 1.92 bits per heavy atom. The minimum Gasteiger partial charge on any atom is -0.465 e.